The van der Waals surface area contributed by atoms with Gasteiger partial charge in [-0.3, -0.25) is 25.2 Å². The fourth-order valence-electron chi connectivity index (χ4n) is 3.76. The molecule has 174 valence electrons. The molecule has 0 saturated carbocycles. The quantitative estimate of drug-likeness (QED) is 0.526. The van der Waals surface area contributed by atoms with Crippen LogP contribution < -0.4 is 10.9 Å². The zero-order valence-corrected chi connectivity index (χ0v) is 21.2. The van der Waals surface area contributed by atoms with Crippen molar-refractivity contribution >= 4 is 51.7 Å². The Kier molecular flexibility index (Phi) is 6.86. The lowest BCUT2D eigenvalue weighted by atomic mass is 9.97. The monoisotopic (exact) mass is 504 g/mol. The summed E-state index contributed by atoms with van der Waals surface area (Å²) in [6, 6.07) is 0. The van der Waals surface area contributed by atoms with Gasteiger partial charge in [0.1, 0.15) is 15.4 Å². The second kappa shape index (κ2) is 9.65. The molecule has 1 saturated heterocycles. The highest BCUT2D eigenvalue weighted by Gasteiger charge is 2.28. The standard InChI is InChI=1S/C21H24N6O3S3/c1-10-16(32-12(3)22-10)19(29)26-25-18(28)15-9-31-20(24-15)14-5-7-27(8-6-14)21(30)17-11(2)23-13(4)33-17/h9,14H,5-8H2,1-4H3,(H,25,28)(H,26,29). The number of amides is 3. The van der Waals surface area contributed by atoms with Crippen molar-refractivity contribution < 1.29 is 14.4 Å². The van der Waals surface area contributed by atoms with Crippen LogP contribution in [0.2, 0.25) is 0 Å². The smallest absolute Gasteiger partial charge is 0.289 e. The van der Waals surface area contributed by atoms with Crippen molar-refractivity contribution in [3.05, 3.63) is 47.2 Å². The van der Waals surface area contributed by atoms with E-state index >= 15 is 0 Å². The van der Waals surface area contributed by atoms with Crippen LogP contribution in [0.1, 0.15) is 75.0 Å². The molecule has 0 atom stereocenters. The van der Waals surface area contributed by atoms with E-state index in [1.54, 1.807) is 12.3 Å². The van der Waals surface area contributed by atoms with Gasteiger partial charge in [-0.05, 0) is 40.5 Å². The summed E-state index contributed by atoms with van der Waals surface area (Å²) >= 11 is 4.14. The van der Waals surface area contributed by atoms with Gasteiger partial charge in [0.2, 0.25) is 0 Å². The SMILES string of the molecule is Cc1nc(C)c(C(=O)NNC(=O)c2csc(C3CCN(C(=O)c4sc(C)nc4C)CC3)n2)s1. The van der Waals surface area contributed by atoms with Gasteiger partial charge in [-0.2, -0.15) is 0 Å². The summed E-state index contributed by atoms with van der Waals surface area (Å²) in [5.74, 6) is -0.626. The highest BCUT2D eigenvalue weighted by Crippen LogP contribution is 2.31. The normalized spacial score (nSPS) is 14.4. The molecule has 0 unspecified atom stereocenters. The molecule has 9 nitrogen and oxygen atoms in total. The van der Waals surface area contributed by atoms with Crippen LogP contribution in [0.15, 0.2) is 5.38 Å². The Bertz CT molecular complexity index is 1210. The molecule has 1 aliphatic heterocycles. The molecular weight excluding hydrogens is 480 g/mol. The van der Waals surface area contributed by atoms with Crippen LogP contribution in [0, 0.1) is 27.7 Å². The number of piperidine rings is 1. The van der Waals surface area contributed by atoms with E-state index in [1.807, 2.05) is 25.7 Å². The van der Waals surface area contributed by atoms with E-state index in [9.17, 15) is 14.4 Å². The van der Waals surface area contributed by atoms with Crippen LogP contribution in [-0.2, 0) is 0 Å². The molecule has 1 aliphatic rings. The minimum absolute atomic E-state index is 0.0397. The minimum Gasteiger partial charge on any atom is -0.338 e. The van der Waals surface area contributed by atoms with Gasteiger partial charge in [-0.15, -0.1) is 34.0 Å². The van der Waals surface area contributed by atoms with E-state index in [4.69, 9.17) is 0 Å². The average molecular weight is 505 g/mol. The maximum absolute atomic E-state index is 12.8. The van der Waals surface area contributed by atoms with Crippen molar-refractivity contribution in [3.63, 3.8) is 0 Å². The van der Waals surface area contributed by atoms with E-state index in [0.29, 0.717) is 28.5 Å². The number of rotatable bonds is 4. The van der Waals surface area contributed by atoms with Crippen molar-refractivity contribution in [2.45, 2.75) is 46.5 Å². The Hall–Kier alpha value is -2.70. The second-order valence-corrected chi connectivity index (χ2v) is 11.1. The number of carbonyl (C=O) groups is 3. The number of carbonyl (C=O) groups excluding carboxylic acids is 3. The molecule has 0 aliphatic carbocycles. The Morgan fingerprint density at radius 2 is 1.45 bits per heavy atom. The molecule has 0 bridgehead atoms. The number of hydrogen-bond donors (Lipinski definition) is 2. The number of aryl methyl sites for hydroxylation is 4. The van der Waals surface area contributed by atoms with E-state index < -0.39 is 11.8 Å². The average Bonchev–Trinajstić information content (AvgIpc) is 3.50. The van der Waals surface area contributed by atoms with Gasteiger partial charge in [0, 0.05) is 24.4 Å². The summed E-state index contributed by atoms with van der Waals surface area (Å²) in [5, 5.41) is 4.25. The Balaban J connectivity index is 1.31. The summed E-state index contributed by atoms with van der Waals surface area (Å²) in [5.41, 5.74) is 6.53. The van der Waals surface area contributed by atoms with Crippen LogP contribution >= 0.6 is 34.0 Å². The number of hydrogen-bond acceptors (Lipinski definition) is 9. The number of hydrazine groups is 1. The fourth-order valence-corrected chi connectivity index (χ4v) is 6.43. The molecule has 1 fully saturated rings. The molecule has 0 radical (unpaired) electrons. The summed E-state index contributed by atoms with van der Waals surface area (Å²) in [4.78, 5) is 53.6. The van der Waals surface area contributed by atoms with Crippen molar-refractivity contribution in [3.8, 4) is 0 Å². The number of aromatic nitrogens is 3. The molecule has 12 heteroatoms. The number of thiazole rings is 3. The van der Waals surface area contributed by atoms with Gasteiger partial charge in [-0.1, -0.05) is 0 Å². The number of likely N-dealkylation sites (tertiary alicyclic amines) is 1. The number of nitrogens with one attached hydrogen (secondary N) is 2. The summed E-state index contributed by atoms with van der Waals surface area (Å²) < 4.78 is 0. The van der Waals surface area contributed by atoms with Crippen molar-refractivity contribution in [2.24, 2.45) is 0 Å². The maximum Gasteiger partial charge on any atom is 0.289 e. The molecular formula is C21H24N6O3S3. The molecule has 0 aromatic carbocycles. The van der Waals surface area contributed by atoms with Gasteiger partial charge < -0.3 is 4.90 Å². The second-order valence-electron chi connectivity index (χ2n) is 7.84. The van der Waals surface area contributed by atoms with E-state index in [0.717, 1.165) is 33.6 Å². The van der Waals surface area contributed by atoms with E-state index in [1.165, 1.54) is 34.0 Å². The highest BCUT2D eigenvalue weighted by atomic mass is 32.1. The topological polar surface area (TPSA) is 117 Å². The largest absolute Gasteiger partial charge is 0.338 e. The van der Waals surface area contributed by atoms with E-state index in [2.05, 4.69) is 25.8 Å². The number of nitrogens with zero attached hydrogens (tertiary/aromatic N) is 4. The lowest BCUT2D eigenvalue weighted by molar-refractivity contribution is 0.0716. The van der Waals surface area contributed by atoms with Gasteiger partial charge >= 0.3 is 0 Å². The fraction of sp³-hybridized carbons (Fsp3) is 0.429. The van der Waals surface area contributed by atoms with Gasteiger partial charge in [-0.25, -0.2) is 15.0 Å². The zero-order valence-electron chi connectivity index (χ0n) is 18.7. The molecule has 3 amide bonds. The van der Waals surface area contributed by atoms with Crippen LogP contribution in [0.4, 0.5) is 0 Å². The first-order valence-corrected chi connectivity index (χ1v) is 13.0. The van der Waals surface area contributed by atoms with Crippen molar-refractivity contribution in [1.29, 1.82) is 0 Å². The van der Waals surface area contributed by atoms with Gasteiger partial charge in [0.05, 0.1) is 26.4 Å². The Morgan fingerprint density at radius 3 is 2.03 bits per heavy atom. The first-order valence-electron chi connectivity index (χ1n) is 10.5. The lowest BCUT2D eigenvalue weighted by Gasteiger charge is -2.30. The lowest BCUT2D eigenvalue weighted by Crippen LogP contribution is -2.41. The highest BCUT2D eigenvalue weighted by molar-refractivity contribution is 7.14. The summed E-state index contributed by atoms with van der Waals surface area (Å²) in [7, 11) is 0. The van der Waals surface area contributed by atoms with Crippen molar-refractivity contribution in [2.75, 3.05) is 13.1 Å². The summed E-state index contributed by atoms with van der Waals surface area (Å²) in [6.45, 7) is 8.64. The predicted octanol–water partition coefficient (Wildman–Crippen LogP) is 3.38. The molecule has 3 aromatic heterocycles. The molecule has 3 aromatic rings. The Morgan fingerprint density at radius 1 is 0.879 bits per heavy atom. The first-order chi connectivity index (χ1) is 15.7. The third-order valence-electron chi connectivity index (χ3n) is 5.38. The minimum atomic E-state index is -0.464. The third-order valence-corrected chi connectivity index (χ3v) is 8.52. The predicted molar refractivity (Wildman–Crippen MR) is 128 cm³/mol. The molecule has 4 heterocycles. The molecule has 4 rings (SSSR count). The summed E-state index contributed by atoms with van der Waals surface area (Å²) in [6.07, 6.45) is 1.58. The van der Waals surface area contributed by atoms with Gasteiger partial charge in [0.25, 0.3) is 17.7 Å². The molecule has 0 spiro atoms. The van der Waals surface area contributed by atoms with Crippen molar-refractivity contribution in [1.82, 2.24) is 30.7 Å². The van der Waals surface area contributed by atoms with E-state index in [-0.39, 0.29) is 17.5 Å². The van der Waals surface area contributed by atoms with Crippen LogP contribution in [0.5, 0.6) is 0 Å². The first kappa shape index (κ1) is 23.5. The van der Waals surface area contributed by atoms with Crippen LogP contribution in [0.25, 0.3) is 0 Å². The zero-order chi connectivity index (χ0) is 23.7. The van der Waals surface area contributed by atoms with Crippen LogP contribution in [-0.4, -0.2) is 50.7 Å². The van der Waals surface area contributed by atoms with Gasteiger partial charge in [0.15, 0.2) is 0 Å². The molecule has 2 N–H and O–H groups in total. The third kappa shape index (κ3) is 5.12. The maximum atomic E-state index is 12.8. The van der Waals surface area contributed by atoms with Crippen LogP contribution in [0.3, 0.4) is 0 Å². The Labute approximate surface area is 203 Å². The molecule has 33 heavy (non-hydrogen) atoms.